The van der Waals surface area contributed by atoms with E-state index in [0.717, 1.165) is 5.56 Å². The molecule has 2 aromatic carbocycles. The summed E-state index contributed by atoms with van der Waals surface area (Å²) in [4.78, 5) is 32.4. The van der Waals surface area contributed by atoms with Gasteiger partial charge in [-0.15, -0.1) is 0 Å². The van der Waals surface area contributed by atoms with Gasteiger partial charge < -0.3 is 15.2 Å². The predicted molar refractivity (Wildman–Crippen MR) is 137 cm³/mol. The number of nitrogens with zero attached hydrogens (tertiary/aromatic N) is 4. The van der Waals surface area contributed by atoms with E-state index in [4.69, 9.17) is 4.74 Å². The van der Waals surface area contributed by atoms with Crippen molar-refractivity contribution >= 4 is 29.0 Å². The first kappa shape index (κ1) is 23.3. The number of thiazole rings is 1. The number of anilines is 1. The van der Waals surface area contributed by atoms with Gasteiger partial charge in [-0.3, -0.25) is 18.8 Å². The van der Waals surface area contributed by atoms with Crippen LogP contribution >= 0.6 is 11.3 Å². The molecule has 36 heavy (non-hydrogen) atoms. The summed E-state index contributed by atoms with van der Waals surface area (Å²) in [5.41, 5.74) is 2.55. The highest BCUT2D eigenvalue weighted by molar-refractivity contribution is 7.07. The van der Waals surface area contributed by atoms with Crippen molar-refractivity contribution in [3.63, 3.8) is 0 Å². The van der Waals surface area contributed by atoms with E-state index in [1.165, 1.54) is 29.1 Å². The first-order valence-electron chi connectivity index (χ1n) is 11.1. The van der Waals surface area contributed by atoms with Crippen LogP contribution < -0.4 is 24.9 Å². The number of carbonyl (C=O) groups excluding carboxylic acids is 1. The maximum Gasteiger partial charge on any atom is 0.271 e. The van der Waals surface area contributed by atoms with Crippen molar-refractivity contribution in [1.82, 2.24) is 14.3 Å². The topological polar surface area (TPSA) is 111 Å². The largest absolute Gasteiger partial charge is 0.504 e. The standard InChI is InChI=1S/C26H23N5O4S/c1-15-22(24(33)29-18-7-5-4-6-8-18)23(17-9-10-19(32)20(12-17)35-3)31-25(34)21(36-26(31)28-15)11-16-13-27-30(2)14-16/h4-14,23,32H,1-3H3,(H,29,33)/b21-11+/t23-/m0/s1. The van der Waals surface area contributed by atoms with Gasteiger partial charge in [0.15, 0.2) is 16.3 Å². The highest BCUT2D eigenvalue weighted by Gasteiger charge is 2.33. The number of ether oxygens (including phenoxy) is 1. The van der Waals surface area contributed by atoms with Crippen LogP contribution in [0.2, 0.25) is 0 Å². The summed E-state index contributed by atoms with van der Waals surface area (Å²) in [5.74, 6) is -0.176. The number of aromatic hydroxyl groups is 1. The summed E-state index contributed by atoms with van der Waals surface area (Å²) in [6.45, 7) is 1.75. The fraction of sp³-hybridized carbons (Fsp3) is 0.154. The second kappa shape index (κ2) is 9.31. The fourth-order valence-electron chi connectivity index (χ4n) is 4.18. The van der Waals surface area contributed by atoms with Gasteiger partial charge in [0.1, 0.15) is 0 Å². The number of phenolic OH excluding ortho intramolecular Hbond substituents is 1. The van der Waals surface area contributed by atoms with Gasteiger partial charge in [0, 0.05) is 24.5 Å². The number of carbonyl (C=O) groups is 1. The number of hydrogen-bond donors (Lipinski definition) is 2. The minimum atomic E-state index is -0.782. The third kappa shape index (κ3) is 4.22. The molecule has 2 aromatic heterocycles. The number of amides is 1. The number of allylic oxidation sites excluding steroid dienone is 1. The van der Waals surface area contributed by atoms with Gasteiger partial charge >= 0.3 is 0 Å². The molecule has 10 heteroatoms. The number of aromatic nitrogens is 3. The quantitative estimate of drug-likeness (QED) is 0.436. The van der Waals surface area contributed by atoms with Crippen molar-refractivity contribution in [2.45, 2.75) is 13.0 Å². The van der Waals surface area contributed by atoms with Gasteiger partial charge in [-0.2, -0.15) is 5.10 Å². The van der Waals surface area contributed by atoms with E-state index >= 15 is 0 Å². The van der Waals surface area contributed by atoms with Crippen LogP contribution in [0.4, 0.5) is 5.69 Å². The van der Waals surface area contributed by atoms with E-state index in [9.17, 15) is 14.7 Å². The molecule has 0 saturated carbocycles. The number of para-hydroxylation sites is 1. The summed E-state index contributed by atoms with van der Waals surface area (Å²) in [5, 5.41) is 17.2. The molecule has 1 atom stereocenters. The molecule has 0 unspecified atom stereocenters. The Morgan fingerprint density at radius 2 is 2.00 bits per heavy atom. The van der Waals surface area contributed by atoms with Crippen molar-refractivity contribution in [2.24, 2.45) is 12.0 Å². The smallest absolute Gasteiger partial charge is 0.271 e. The lowest BCUT2D eigenvalue weighted by molar-refractivity contribution is -0.113. The van der Waals surface area contributed by atoms with Crippen molar-refractivity contribution in [1.29, 1.82) is 0 Å². The molecule has 2 N–H and O–H groups in total. The van der Waals surface area contributed by atoms with E-state index in [0.29, 0.717) is 31.9 Å². The monoisotopic (exact) mass is 501 g/mol. The molecule has 0 bridgehead atoms. The Bertz CT molecular complexity index is 1680. The van der Waals surface area contributed by atoms with E-state index in [2.05, 4.69) is 15.4 Å². The van der Waals surface area contributed by atoms with Gasteiger partial charge in [0.2, 0.25) is 0 Å². The number of hydrogen-bond acceptors (Lipinski definition) is 7. The van der Waals surface area contributed by atoms with Gasteiger partial charge in [0.25, 0.3) is 11.5 Å². The van der Waals surface area contributed by atoms with Crippen LogP contribution in [0.25, 0.3) is 6.08 Å². The first-order valence-corrected chi connectivity index (χ1v) is 11.9. The minimum Gasteiger partial charge on any atom is -0.504 e. The van der Waals surface area contributed by atoms with Crippen molar-refractivity contribution in [3.8, 4) is 11.5 Å². The Morgan fingerprint density at radius 1 is 1.22 bits per heavy atom. The molecular weight excluding hydrogens is 478 g/mol. The number of methoxy groups -OCH3 is 1. The molecule has 4 aromatic rings. The molecule has 9 nitrogen and oxygen atoms in total. The molecule has 0 spiro atoms. The van der Waals surface area contributed by atoms with E-state index in [1.54, 1.807) is 55.2 Å². The van der Waals surface area contributed by atoms with Crippen LogP contribution in [-0.4, -0.2) is 32.5 Å². The van der Waals surface area contributed by atoms with E-state index in [1.807, 2.05) is 24.4 Å². The average molecular weight is 502 g/mol. The summed E-state index contributed by atoms with van der Waals surface area (Å²) < 4.78 is 8.95. The number of benzene rings is 2. The van der Waals surface area contributed by atoms with Gasteiger partial charge in [-0.25, -0.2) is 4.99 Å². The minimum absolute atomic E-state index is 0.0405. The van der Waals surface area contributed by atoms with Crippen LogP contribution in [0, 0.1) is 0 Å². The van der Waals surface area contributed by atoms with Gasteiger partial charge in [-0.05, 0) is 42.8 Å². The number of rotatable bonds is 5. The Hall–Kier alpha value is -4.44. The maximum absolute atomic E-state index is 13.7. The summed E-state index contributed by atoms with van der Waals surface area (Å²) in [6.07, 6.45) is 5.24. The molecule has 3 heterocycles. The van der Waals surface area contributed by atoms with Crippen LogP contribution in [0.3, 0.4) is 0 Å². The van der Waals surface area contributed by atoms with Crippen molar-refractivity contribution in [3.05, 3.63) is 103 Å². The molecule has 0 saturated heterocycles. The normalized spacial score (nSPS) is 15.4. The molecule has 182 valence electrons. The average Bonchev–Trinajstić information content (AvgIpc) is 3.41. The van der Waals surface area contributed by atoms with Crippen molar-refractivity contribution in [2.75, 3.05) is 12.4 Å². The second-order valence-electron chi connectivity index (χ2n) is 8.28. The second-order valence-corrected chi connectivity index (χ2v) is 9.29. The zero-order valence-electron chi connectivity index (χ0n) is 19.8. The number of fused-ring (bicyclic) bond motifs is 1. The third-order valence-electron chi connectivity index (χ3n) is 5.84. The van der Waals surface area contributed by atoms with Gasteiger partial charge in [0.05, 0.1) is 35.2 Å². The molecule has 1 aliphatic heterocycles. The first-order chi connectivity index (χ1) is 17.4. The molecule has 5 rings (SSSR count). The number of phenols is 1. The Kier molecular flexibility index (Phi) is 6.03. The molecular formula is C26H23N5O4S. The Balaban J connectivity index is 1.70. The van der Waals surface area contributed by atoms with Crippen LogP contribution in [0.15, 0.2) is 82.0 Å². The molecule has 0 radical (unpaired) electrons. The van der Waals surface area contributed by atoms with Crippen LogP contribution in [-0.2, 0) is 11.8 Å². The highest BCUT2D eigenvalue weighted by Crippen LogP contribution is 2.35. The SMILES string of the molecule is COc1cc([C@H]2C(C(=O)Nc3ccccc3)=C(C)N=c3s/c(=C/c4cnn(C)c4)c(=O)n32)ccc1O. The number of nitrogens with one attached hydrogen (secondary N) is 1. The Morgan fingerprint density at radius 3 is 2.69 bits per heavy atom. The molecule has 0 aliphatic carbocycles. The highest BCUT2D eigenvalue weighted by atomic mass is 32.1. The van der Waals surface area contributed by atoms with E-state index in [-0.39, 0.29) is 23.0 Å². The fourth-order valence-corrected chi connectivity index (χ4v) is 5.22. The third-order valence-corrected chi connectivity index (χ3v) is 6.82. The summed E-state index contributed by atoms with van der Waals surface area (Å²) in [6, 6.07) is 13.1. The maximum atomic E-state index is 13.7. The van der Waals surface area contributed by atoms with Crippen LogP contribution in [0.5, 0.6) is 11.5 Å². The lowest BCUT2D eigenvalue weighted by Crippen LogP contribution is -2.40. The lowest BCUT2D eigenvalue weighted by atomic mass is 9.94. The summed E-state index contributed by atoms with van der Waals surface area (Å²) >= 11 is 1.24. The summed E-state index contributed by atoms with van der Waals surface area (Å²) in [7, 11) is 3.25. The van der Waals surface area contributed by atoms with Gasteiger partial charge in [-0.1, -0.05) is 35.6 Å². The zero-order valence-corrected chi connectivity index (χ0v) is 20.6. The van der Waals surface area contributed by atoms with Crippen LogP contribution in [0.1, 0.15) is 24.1 Å². The molecule has 1 amide bonds. The Labute approximate surface area is 209 Å². The van der Waals surface area contributed by atoms with Crippen molar-refractivity contribution < 1.29 is 14.6 Å². The number of aryl methyl sites for hydroxylation is 1. The van der Waals surface area contributed by atoms with E-state index < -0.39 is 6.04 Å². The lowest BCUT2D eigenvalue weighted by Gasteiger charge is -2.25. The molecule has 0 fully saturated rings. The predicted octanol–water partition coefficient (Wildman–Crippen LogP) is 2.32. The zero-order chi connectivity index (χ0) is 25.4. The molecule has 1 aliphatic rings.